The molecule has 1 atom stereocenters. The Morgan fingerprint density at radius 1 is 1.32 bits per heavy atom. The van der Waals surface area contributed by atoms with Crippen molar-refractivity contribution in [3.05, 3.63) is 77.6 Å². The van der Waals surface area contributed by atoms with Gasteiger partial charge in [-0.25, -0.2) is 13.4 Å². The van der Waals surface area contributed by atoms with E-state index in [0.717, 1.165) is 42.4 Å². The number of anilines is 3. The zero-order chi connectivity index (χ0) is 24.3. The van der Waals surface area contributed by atoms with Gasteiger partial charge in [-0.05, 0) is 42.3 Å². The Kier molecular flexibility index (Phi) is 7.04. The molecule has 0 bridgehead atoms. The summed E-state index contributed by atoms with van der Waals surface area (Å²) in [4.78, 5) is 12.1. The minimum absolute atomic E-state index is 0.159. The lowest BCUT2D eigenvalue weighted by molar-refractivity contribution is 0.482. The number of hydrogen-bond acceptors (Lipinski definition) is 6. The van der Waals surface area contributed by atoms with Crippen LogP contribution in [0.25, 0.3) is 5.70 Å². The highest BCUT2D eigenvalue weighted by molar-refractivity contribution is 7.91. The quantitative estimate of drug-likeness (QED) is 0.407. The van der Waals surface area contributed by atoms with Crippen molar-refractivity contribution in [2.24, 2.45) is 0 Å². The zero-order valence-corrected chi connectivity index (χ0v) is 20.8. The van der Waals surface area contributed by atoms with Gasteiger partial charge in [0.05, 0.1) is 17.6 Å². The molecule has 1 saturated heterocycles. The fourth-order valence-electron chi connectivity index (χ4n) is 4.19. The summed E-state index contributed by atoms with van der Waals surface area (Å²) in [5.41, 5.74) is 3.10. The second-order valence-corrected chi connectivity index (χ2v) is 10.5. The number of nitrogens with one attached hydrogen (secondary N) is 3. The van der Waals surface area contributed by atoms with Gasteiger partial charge >= 0.3 is 0 Å². The van der Waals surface area contributed by atoms with Crippen LogP contribution >= 0.6 is 11.6 Å². The van der Waals surface area contributed by atoms with Crippen molar-refractivity contribution in [1.29, 1.82) is 0 Å². The van der Waals surface area contributed by atoms with Gasteiger partial charge < -0.3 is 20.1 Å². The molecule has 180 valence electrons. The van der Waals surface area contributed by atoms with Crippen molar-refractivity contribution < 1.29 is 8.42 Å². The average molecular weight is 501 g/mol. The largest absolute Gasteiger partial charge is 0.374 e. The highest BCUT2D eigenvalue weighted by atomic mass is 35.5. The fourth-order valence-corrected chi connectivity index (χ4v) is 5.58. The number of pyridine rings is 1. The maximum absolute atomic E-state index is 12.5. The summed E-state index contributed by atoms with van der Waals surface area (Å²) in [5.74, 6) is 1.58. The Morgan fingerprint density at radius 2 is 2.15 bits per heavy atom. The Balaban J connectivity index is 1.36. The molecule has 8 nitrogen and oxygen atoms in total. The van der Waals surface area contributed by atoms with Crippen molar-refractivity contribution in [1.82, 2.24) is 14.9 Å². The third kappa shape index (κ3) is 5.48. The molecule has 2 aromatic heterocycles. The summed E-state index contributed by atoms with van der Waals surface area (Å²) in [6, 6.07) is 12.7. The maximum atomic E-state index is 12.5. The van der Waals surface area contributed by atoms with Crippen LogP contribution in [-0.2, 0) is 15.8 Å². The number of likely N-dealkylation sites (tertiary alicyclic amines) is 1. The lowest BCUT2D eigenvalue weighted by Crippen LogP contribution is -2.34. The molecule has 34 heavy (non-hydrogen) atoms. The van der Waals surface area contributed by atoms with E-state index in [0.29, 0.717) is 16.3 Å². The molecule has 1 aliphatic rings. The van der Waals surface area contributed by atoms with E-state index in [2.05, 4.69) is 36.4 Å². The number of rotatable bonds is 9. The van der Waals surface area contributed by atoms with Gasteiger partial charge in [-0.2, -0.15) is 0 Å². The first kappa shape index (κ1) is 24.0. The molecule has 0 saturated carbocycles. The summed E-state index contributed by atoms with van der Waals surface area (Å²) in [6.45, 7) is 6.03. The van der Waals surface area contributed by atoms with Gasteiger partial charge in [0.1, 0.15) is 11.6 Å². The van der Waals surface area contributed by atoms with Crippen LogP contribution < -0.4 is 14.9 Å². The molecule has 1 aromatic carbocycles. The molecule has 1 aliphatic heterocycles. The van der Waals surface area contributed by atoms with Crippen LogP contribution in [0, 0.1) is 0 Å². The summed E-state index contributed by atoms with van der Waals surface area (Å²) in [7, 11) is 0.313. The summed E-state index contributed by atoms with van der Waals surface area (Å²) in [5, 5.41) is 3.66. The van der Waals surface area contributed by atoms with E-state index in [1.807, 2.05) is 32.4 Å². The van der Waals surface area contributed by atoms with Crippen LogP contribution in [0.5, 0.6) is 0 Å². The highest BCUT2D eigenvalue weighted by Crippen LogP contribution is 2.29. The average Bonchev–Trinajstić information content (AvgIpc) is 3.48. The topological polar surface area (TPSA) is 93.4 Å². The van der Waals surface area contributed by atoms with Gasteiger partial charge in [-0.3, -0.25) is 4.72 Å². The van der Waals surface area contributed by atoms with E-state index < -0.39 is 10.0 Å². The molecular formula is C24H29ClN6O2S. The van der Waals surface area contributed by atoms with Crippen molar-refractivity contribution >= 4 is 44.6 Å². The lowest BCUT2D eigenvalue weighted by atomic mass is 10.2. The highest BCUT2D eigenvalue weighted by Gasteiger charge is 2.28. The molecule has 10 heteroatoms. The van der Waals surface area contributed by atoms with Crippen LogP contribution in [0.3, 0.4) is 0 Å². The van der Waals surface area contributed by atoms with Crippen LogP contribution in [0.1, 0.15) is 17.5 Å². The molecule has 3 aromatic rings. The van der Waals surface area contributed by atoms with E-state index in [1.165, 1.54) is 0 Å². The summed E-state index contributed by atoms with van der Waals surface area (Å²) in [6.07, 6.45) is 4.43. The number of aromatic amines is 1. The van der Waals surface area contributed by atoms with Crippen LogP contribution in [0.2, 0.25) is 5.02 Å². The Labute approximate surface area is 205 Å². The van der Waals surface area contributed by atoms with Crippen molar-refractivity contribution in [3.8, 4) is 0 Å². The third-order valence-electron chi connectivity index (χ3n) is 6.03. The molecule has 0 spiro atoms. The van der Waals surface area contributed by atoms with Gasteiger partial charge in [0.2, 0.25) is 10.0 Å². The molecule has 0 radical (unpaired) electrons. The monoisotopic (exact) mass is 500 g/mol. The predicted molar refractivity (Wildman–Crippen MR) is 140 cm³/mol. The van der Waals surface area contributed by atoms with Gasteiger partial charge in [0.15, 0.2) is 0 Å². The van der Waals surface area contributed by atoms with E-state index in [1.54, 1.807) is 36.5 Å². The SMILES string of the molecule is C=C(c1cc[nH]c1NC)N1CCC(N(C)c2ccc(NS(=O)(=O)Cc3cccc(Cl)c3)cn2)C1. The Bertz CT molecular complexity index is 1260. The number of halogens is 1. The second-order valence-electron chi connectivity index (χ2n) is 8.36. The predicted octanol–water partition coefficient (Wildman–Crippen LogP) is 4.23. The van der Waals surface area contributed by atoms with E-state index in [4.69, 9.17) is 11.6 Å². The molecule has 1 fully saturated rings. The third-order valence-corrected chi connectivity index (χ3v) is 7.52. The second kappa shape index (κ2) is 9.99. The number of sulfonamides is 1. The van der Waals surface area contributed by atoms with Crippen molar-refractivity contribution in [2.75, 3.05) is 42.1 Å². The first-order valence-electron chi connectivity index (χ1n) is 11.0. The van der Waals surface area contributed by atoms with Gasteiger partial charge in [-0.1, -0.05) is 30.3 Å². The fraction of sp³-hybridized carbons (Fsp3) is 0.292. The zero-order valence-electron chi connectivity index (χ0n) is 19.3. The minimum Gasteiger partial charge on any atom is -0.374 e. The molecule has 3 N–H and O–H groups in total. The number of aromatic nitrogens is 2. The number of H-pyrrole nitrogens is 1. The summed E-state index contributed by atoms with van der Waals surface area (Å²) < 4.78 is 27.7. The molecule has 1 unspecified atom stereocenters. The first-order chi connectivity index (χ1) is 16.3. The van der Waals surface area contributed by atoms with E-state index in [-0.39, 0.29) is 11.8 Å². The molecule has 3 heterocycles. The van der Waals surface area contributed by atoms with Gasteiger partial charge in [0.25, 0.3) is 0 Å². The summed E-state index contributed by atoms with van der Waals surface area (Å²) >= 11 is 5.96. The number of hydrogen-bond donors (Lipinski definition) is 3. The maximum Gasteiger partial charge on any atom is 0.236 e. The number of nitrogens with zero attached hydrogens (tertiary/aromatic N) is 3. The van der Waals surface area contributed by atoms with Gasteiger partial charge in [0, 0.05) is 55.7 Å². The standard InChI is InChI=1S/C24H29ClN6O2S/c1-17(22-9-11-27-24(22)26-2)31-12-10-21(15-31)30(3)23-8-7-20(14-28-23)29-34(32,33)16-18-5-4-6-19(25)13-18/h4-9,11,13-14,21,26-27,29H,1,10,12,15-16H2,2-3H3. The molecule has 4 rings (SSSR count). The smallest absolute Gasteiger partial charge is 0.236 e. The van der Waals surface area contributed by atoms with Crippen LogP contribution in [0.4, 0.5) is 17.3 Å². The number of benzene rings is 1. The molecular weight excluding hydrogens is 472 g/mol. The Morgan fingerprint density at radius 3 is 2.85 bits per heavy atom. The number of likely N-dealkylation sites (N-methyl/N-ethyl adjacent to an activating group) is 1. The molecule has 0 amide bonds. The first-order valence-corrected chi connectivity index (χ1v) is 13.0. The Hall–Kier alpha value is -3.17. The van der Waals surface area contributed by atoms with E-state index in [9.17, 15) is 8.42 Å². The van der Waals surface area contributed by atoms with Crippen molar-refractivity contribution in [2.45, 2.75) is 18.2 Å². The van der Waals surface area contributed by atoms with Crippen LogP contribution in [-0.4, -0.2) is 56.5 Å². The molecule has 0 aliphatic carbocycles. The van der Waals surface area contributed by atoms with Crippen LogP contribution in [0.15, 0.2) is 61.4 Å². The van der Waals surface area contributed by atoms with Crippen molar-refractivity contribution in [3.63, 3.8) is 0 Å². The van der Waals surface area contributed by atoms with E-state index >= 15 is 0 Å². The lowest BCUT2D eigenvalue weighted by Gasteiger charge is -2.27. The normalized spacial score (nSPS) is 15.9. The minimum atomic E-state index is -3.58. The van der Waals surface area contributed by atoms with Gasteiger partial charge in [-0.15, -0.1) is 0 Å².